The van der Waals surface area contributed by atoms with E-state index in [1.165, 1.54) is 31.4 Å². The van der Waals surface area contributed by atoms with Crippen LogP contribution in [0.5, 0.6) is 17.2 Å². The summed E-state index contributed by atoms with van der Waals surface area (Å²) < 4.78 is 35.4. The van der Waals surface area contributed by atoms with Gasteiger partial charge in [0.25, 0.3) is 0 Å². The van der Waals surface area contributed by atoms with Crippen molar-refractivity contribution in [1.29, 1.82) is 0 Å². The Morgan fingerprint density at radius 2 is 1.88 bits per heavy atom. The molecule has 8 heteroatoms. The van der Waals surface area contributed by atoms with Gasteiger partial charge in [-0.05, 0) is 61.0 Å². The molecular formula is C26H20FNO6. The fourth-order valence-electron chi connectivity index (χ4n) is 3.19. The number of aliphatic imine (C=N–C) groups is 1. The molecule has 0 aromatic heterocycles. The van der Waals surface area contributed by atoms with Crippen LogP contribution in [0, 0.1) is 5.82 Å². The van der Waals surface area contributed by atoms with Crippen molar-refractivity contribution in [3.05, 3.63) is 94.9 Å². The van der Waals surface area contributed by atoms with Crippen molar-refractivity contribution in [2.75, 3.05) is 13.7 Å². The zero-order valence-corrected chi connectivity index (χ0v) is 18.4. The van der Waals surface area contributed by atoms with Crippen LogP contribution in [-0.2, 0) is 9.53 Å². The highest BCUT2D eigenvalue weighted by atomic mass is 19.1. The van der Waals surface area contributed by atoms with Crippen LogP contribution < -0.4 is 14.2 Å². The van der Waals surface area contributed by atoms with Gasteiger partial charge in [-0.3, -0.25) is 0 Å². The van der Waals surface area contributed by atoms with Gasteiger partial charge in [0.15, 0.2) is 17.2 Å². The molecule has 0 saturated carbocycles. The molecule has 3 aromatic rings. The van der Waals surface area contributed by atoms with E-state index in [4.69, 9.17) is 18.9 Å². The van der Waals surface area contributed by atoms with Crippen LogP contribution in [0.25, 0.3) is 6.08 Å². The molecule has 0 saturated heterocycles. The first-order valence-electron chi connectivity index (χ1n) is 10.4. The number of esters is 2. The van der Waals surface area contributed by atoms with Gasteiger partial charge < -0.3 is 18.9 Å². The quantitative estimate of drug-likeness (QED) is 0.286. The van der Waals surface area contributed by atoms with Gasteiger partial charge in [-0.1, -0.05) is 24.3 Å². The van der Waals surface area contributed by atoms with E-state index in [0.29, 0.717) is 29.2 Å². The van der Waals surface area contributed by atoms with Gasteiger partial charge in [0.05, 0.1) is 24.8 Å². The zero-order valence-electron chi connectivity index (χ0n) is 18.4. The summed E-state index contributed by atoms with van der Waals surface area (Å²) in [5.74, 6) is -0.895. The zero-order chi connectivity index (χ0) is 24.1. The number of hydrogen-bond donors (Lipinski definition) is 0. The lowest BCUT2D eigenvalue weighted by molar-refractivity contribution is -0.129. The number of cyclic esters (lactones) is 1. The maximum atomic E-state index is 14.0. The van der Waals surface area contributed by atoms with Crippen LogP contribution in [0.2, 0.25) is 0 Å². The predicted molar refractivity (Wildman–Crippen MR) is 123 cm³/mol. The Labute approximate surface area is 195 Å². The van der Waals surface area contributed by atoms with Crippen LogP contribution in [0.15, 0.2) is 77.4 Å². The first-order chi connectivity index (χ1) is 16.5. The molecule has 0 unspecified atom stereocenters. The molecule has 4 rings (SSSR count). The highest BCUT2D eigenvalue weighted by Crippen LogP contribution is 2.31. The molecule has 172 valence electrons. The maximum absolute atomic E-state index is 14.0. The summed E-state index contributed by atoms with van der Waals surface area (Å²) in [5.41, 5.74) is 0.961. The largest absolute Gasteiger partial charge is 0.497 e. The highest BCUT2D eigenvalue weighted by Gasteiger charge is 2.26. The summed E-state index contributed by atoms with van der Waals surface area (Å²) in [6.45, 7) is 2.11. The number of rotatable bonds is 7. The monoisotopic (exact) mass is 461 g/mol. The predicted octanol–water partition coefficient (Wildman–Crippen LogP) is 4.80. The molecule has 0 atom stereocenters. The average Bonchev–Trinajstić information content (AvgIpc) is 3.20. The fourth-order valence-corrected chi connectivity index (χ4v) is 3.19. The summed E-state index contributed by atoms with van der Waals surface area (Å²) in [7, 11) is 1.51. The summed E-state index contributed by atoms with van der Waals surface area (Å²) in [6, 6.07) is 17.3. The standard InChI is InChI=1S/C26H20FNO6/c1-3-32-23-14-16(11-12-22(23)33-25(29)17-7-6-8-18(15-17)31-2)13-21-26(30)34-24(28-21)19-9-4-5-10-20(19)27/h4-15H,3H2,1-2H3/b21-13+. The SMILES string of the molecule is CCOc1cc(/C=C2/N=C(c3ccccc3F)OC2=O)ccc1OC(=O)c1cccc(OC)c1. The van der Waals surface area contributed by atoms with Crippen molar-refractivity contribution in [3.8, 4) is 17.2 Å². The molecule has 0 aliphatic carbocycles. The molecule has 34 heavy (non-hydrogen) atoms. The number of benzene rings is 3. The van der Waals surface area contributed by atoms with Crippen molar-refractivity contribution in [1.82, 2.24) is 0 Å². The summed E-state index contributed by atoms with van der Waals surface area (Å²) in [6.07, 6.45) is 1.48. The number of hydrogen-bond acceptors (Lipinski definition) is 7. The minimum atomic E-state index is -0.704. The normalized spacial score (nSPS) is 13.9. The van der Waals surface area contributed by atoms with Crippen LogP contribution in [0.4, 0.5) is 4.39 Å². The molecule has 3 aromatic carbocycles. The Kier molecular flexibility index (Phi) is 6.68. The number of methoxy groups -OCH3 is 1. The van der Waals surface area contributed by atoms with Gasteiger partial charge >= 0.3 is 11.9 Å². The lowest BCUT2D eigenvalue weighted by Crippen LogP contribution is -2.10. The van der Waals surface area contributed by atoms with E-state index >= 15 is 0 Å². The van der Waals surface area contributed by atoms with E-state index in [0.717, 1.165) is 0 Å². The minimum absolute atomic E-state index is 0.00169. The molecule has 0 fully saturated rings. The molecule has 0 N–H and O–H groups in total. The lowest BCUT2D eigenvalue weighted by Gasteiger charge is -2.12. The number of carbonyl (C=O) groups excluding carboxylic acids is 2. The first kappa shape index (κ1) is 22.7. The molecule has 0 spiro atoms. The third-order valence-electron chi connectivity index (χ3n) is 4.80. The Balaban J connectivity index is 1.60. The van der Waals surface area contributed by atoms with E-state index in [1.54, 1.807) is 55.5 Å². The maximum Gasteiger partial charge on any atom is 0.363 e. The Morgan fingerprint density at radius 1 is 1.06 bits per heavy atom. The van der Waals surface area contributed by atoms with E-state index in [2.05, 4.69) is 4.99 Å². The number of ether oxygens (including phenoxy) is 4. The molecule has 0 bridgehead atoms. The Morgan fingerprint density at radius 3 is 2.65 bits per heavy atom. The van der Waals surface area contributed by atoms with Gasteiger partial charge in [-0.15, -0.1) is 0 Å². The van der Waals surface area contributed by atoms with Gasteiger partial charge in [0.2, 0.25) is 5.90 Å². The van der Waals surface area contributed by atoms with Crippen molar-refractivity contribution in [3.63, 3.8) is 0 Å². The second kappa shape index (κ2) is 9.99. The first-order valence-corrected chi connectivity index (χ1v) is 10.4. The molecule has 7 nitrogen and oxygen atoms in total. The second-order valence-electron chi connectivity index (χ2n) is 7.08. The number of carbonyl (C=O) groups is 2. The van der Waals surface area contributed by atoms with E-state index in [9.17, 15) is 14.0 Å². The molecule has 1 aliphatic rings. The molecule has 1 aliphatic heterocycles. The minimum Gasteiger partial charge on any atom is -0.497 e. The third kappa shape index (κ3) is 4.96. The van der Waals surface area contributed by atoms with Gasteiger partial charge in [0.1, 0.15) is 11.6 Å². The molecular weight excluding hydrogens is 441 g/mol. The van der Waals surface area contributed by atoms with Crippen LogP contribution >= 0.6 is 0 Å². The fraction of sp³-hybridized carbons (Fsp3) is 0.115. The molecule has 1 heterocycles. The summed E-state index contributed by atoms with van der Waals surface area (Å²) in [4.78, 5) is 29.0. The van der Waals surface area contributed by atoms with E-state index < -0.39 is 17.8 Å². The molecule has 0 radical (unpaired) electrons. The molecule has 0 amide bonds. The lowest BCUT2D eigenvalue weighted by atomic mass is 10.1. The summed E-state index contributed by atoms with van der Waals surface area (Å²) >= 11 is 0. The van der Waals surface area contributed by atoms with Crippen molar-refractivity contribution >= 4 is 23.9 Å². The van der Waals surface area contributed by atoms with Crippen LogP contribution in [-0.4, -0.2) is 31.6 Å². The van der Waals surface area contributed by atoms with Crippen LogP contribution in [0.1, 0.15) is 28.4 Å². The van der Waals surface area contributed by atoms with Crippen molar-refractivity contribution < 1.29 is 32.9 Å². The van der Waals surface area contributed by atoms with Crippen molar-refractivity contribution in [2.45, 2.75) is 6.92 Å². The number of halogens is 1. The van der Waals surface area contributed by atoms with E-state index in [-0.39, 0.29) is 22.9 Å². The van der Waals surface area contributed by atoms with Gasteiger partial charge in [-0.25, -0.2) is 19.0 Å². The van der Waals surface area contributed by atoms with E-state index in [1.807, 2.05) is 0 Å². The smallest absolute Gasteiger partial charge is 0.363 e. The topological polar surface area (TPSA) is 83.4 Å². The third-order valence-corrected chi connectivity index (χ3v) is 4.80. The highest BCUT2D eigenvalue weighted by molar-refractivity contribution is 6.13. The average molecular weight is 461 g/mol. The van der Waals surface area contributed by atoms with Crippen LogP contribution in [0.3, 0.4) is 0 Å². The summed E-state index contributed by atoms with van der Waals surface area (Å²) in [5, 5.41) is 0. The second-order valence-corrected chi connectivity index (χ2v) is 7.08. The van der Waals surface area contributed by atoms with Gasteiger partial charge in [-0.2, -0.15) is 0 Å². The van der Waals surface area contributed by atoms with Gasteiger partial charge in [0, 0.05) is 0 Å². The number of nitrogens with zero attached hydrogens (tertiary/aromatic N) is 1. The Hall–Kier alpha value is -4.46. The van der Waals surface area contributed by atoms with Crippen molar-refractivity contribution in [2.24, 2.45) is 4.99 Å². The Bertz CT molecular complexity index is 1310.